The number of thiazole rings is 1. The van der Waals surface area contributed by atoms with Gasteiger partial charge in [-0.15, -0.1) is 11.3 Å². The number of rotatable bonds is 4. The molecular weight excluding hydrogens is 427 g/mol. The summed E-state index contributed by atoms with van der Waals surface area (Å²) in [5.74, 6) is -0.0368. The molecule has 9 heteroatoms. The second-order valence-corrected chi connectivity index (χ2v) is 9.35. The molecule has 162 valence electrons. The Kier molecular flexibility index (Phi) is 5.41. The summed E-state index contributed by atoms with van der Waals surface area (Å²) in [7, 11) is 0. The van der Waals surface area contributed by atoms with Gasteiger partial charge in [-0.1, -0.05) is 26.0 Å². The number of aromatic nitrogens is 1. The van der Waals surface area contributed by atoms with E-state index in [0.717, 1.165) is 27.4 Å². The number of likely N-dealkylation sites (tertiary alicyclic amines) is 1. The minimum absolute atomic E-state index is 0.0368. The highest BCUT2D eigenvalue weighted by Gasteiger charge is 2.48. The van der Waals surface area contributed by atoms with E-state index in [9.17, 15) is 18.3 Å². The third-order valence-electron chi connectivity index (χ3n) is 5.38. The molecule has 0 saturated carbocycles. The van der Waals surface area contributed by atoms with Crippen LogP contribution in [-0.4, -0.2) is 33.9 Å². The lowest BCUT2D eigenvalue weighted by Gasteiger charge is -2.28. The van der Waals surface area contributed by atoms with Gasteiger partial charge >= 0.3 is 6.18 Å². The quantitative estimate of drug-likeness (QED) is 0.623. The molecule has 2 atom stereocenters. The highest BCUT2D eigenvalue weighted by molar-refractivity contribution is 7.18. The van der Waals surface area contributed by atoms with E-state index in [4.69, 9.17) is 10.00 Å². The molecule has 31 heavy (non-hydrogen) atoms. The second-order valence-electron chi connectivity index (χ2n) is 8.24. The van der Waals surface area contributed by atoms with Crippen molar-refractivity contribution in [3.8, 4) is 11.8 Å². The van der Waals surface area contributed by atoms with Gasteiger partial charge in [-0.25, -0.2) is 4.98 Å². The van der Waals surface area contributed by atoms with Crippen LogP contribution in [0.3, 0.4) is 0 Å². The Balaban J connectivity index is 1.56. The van der Waals surface area contributed by atoms with Gasteiger partial charge in [0.2, 0.25) is 0 Å². The lowest BCUT2D eigenvalue weighted by molar-refractivity contribution is -0.138. The third kappa shape index (κ3) is 4.24. The molecule has 0 bridgehead atoms. The Morgan fingerprint density at radius 3 is 2.71 bits per heavy atom. The van der Waals surface area contributed by atoms with Crippen molar-refractivity contribution in [1.82, 2.24) is 9.88 Å². The average Bonchev–Trinajstić information content (AvgIpc) is 3.20. The normalized spacial score (nSPS) is 21.3. The van der Waals surface area contributed by atoms with Crippen molar-refractivity contribution in [2.45, 2.75) is 38.9 Å². The number of nitrogens with zero attached hydrogens (tertiary/aromatic N) is 3. The van der Waals surface area contributed by atoms with E-state index in [2.05, 4.69) is 4.98 Å². The SMILES string of the molecule is CC1(C)CN(Cc2nc3ccccc3s2)[C@H](O)C1Oc1ccc(C#N)c(C(F)(F)F)c1. The molecule has 1 fully saturated rings. The van der Waals surface area contributed by atoms with Crippen LogP contribution in [0.2, 0.25) is 0 Å². The Labute approximate surface area is 181 Å². The van der Waals surface area contributed by atoms with Crippen molar-refractivity contribution in [3.63, 3.8) is 0 Å². The zero-order valence-corrected chi connectivity index (χ0v) is 17.7. The molecule has 1 aliphatic heterocycles. The smallest absolute Gasteiger partial charge is 0.417 e. The maximum absolute atomic E-state index is 13.3. The summed E-state index contributed by atoms with van der Waals surface area (Å²) in [6, 6.07) is 12.5. The molecule has 0 spiro atoms. The van der Waals surface area contributed by atoms with Crippen molar-refractivity contribution in [2.24, 2.45) is 5.41 Å². The Hall–Kier alpha value is -2.67. The summed E-state index contributed by atoms with van der Waals surface area (Å²) in [4.78, 5) is 6.41. The number of fused-ring (bicyclic) bond motifs is 1. The average molecular weight is 447 g/mol. The number of hydrogen-bond acceptors (Lipinski definition) is 6. The first-order valence-electron chi connectivity index (χ1n) is 9.63. The molecule has 3 aromatic rings. The fourth-order valence-corrected chi connectivity index (χ4v) is 4.90. The topological polar surface area (TPSA) is 69.4 Å². The number of aliphatic hydroxyl groups is 1. The van der Waals surface area contributed by atoms with Gasteiger partial charge in [0, 0.05) is 12.0 Å². The molecule has 1 N–H and O–H groups in total. The summed E-state index contributed by atoms with van der Waals surface area (Å²) in [6.07, 6.45) is -6.45. The number of halogens is 3. The van der Waals surface area contributed by atoms with Gasteiger partial charge in [0.05, 0.1) is 34.0 Å². The summed E-state index contributed by atoms with van der Waals surface area (Å²) in [5, 5.41) is 20.7. The lowest BCUT2D eigenvalue weighted by atomic mass is 9.89. The molecule has 1 unspecified atom stereocenters. The number of ether oxygens (including phenoxy) is 1. The Morgan fingerprint density at radius 1 is 1.29 bits per heavy atom. The number of alkyl halides is 3. The number of para-hydroxylation sites is 1. The minimum atomic E-state index is -4.67. The monoisotopic (exact) mass is 447 g/mol. The number of hydrogen-bond donors (Lipinski definition) is 1. The first-order valence-corrected chi connectivity index (χ1v) is 10.4. The fourth-order valence-electron chi connectivity index (χ4n) is 3.91. The molecular formula is C22H20F3N3O2S. The van der Waals surface area contributed by atoms with Crippen molar-refractivity contribution in [1.29, 1.82) is 5.26 Å². The van der Waals surface area contributed by atoms with E-state index in [1.807, 2.05) is 43.0 Å². The molecule has 2 heterocycles. The maximum Gasteiger partial charge on any atom is 0.417 e. The van der Waals surface area contributed by atoms with E-state index in [1.54, 1.807) is 6.07 Å². The third-order valence-corrected chi connectivity index (χ3v) is 6.40. The summed E-state index contributed by atoms with van der Waals surface area (Å²) in [6.45, 7) is 4.68. The van der Waals surface area contributed by atoms with Gasteiger partial charge in [0.25, 0.3) is 0 Å². The standard InChI is InChI=1S/C22H20F3N3O2S/c1-21(2)12-28(11-18-27-16-5-3-4-6-17(16)31-18)20(29)19(21)30-14-8-7-13(10-26)15(9-14)22(23,24)25/h3-9,19-20,29H,11-12H2,1-2H3/t19?,20-/m1/s1. The van der Waals surface area contributed by atoms with Crippen molar-refractivity contribution < 1.29 is 23.0 Å². The summed E-state index contributed by atoms with van der Waals surface area (Å²) >= 11 is 1.54. The van der Waals surface area contributed by atoms with Crippen LogP contribution in [0, 0.1) is 16.7 Å². The van der Waals surface area contributed by atoms with E-state index in [1.165, 1.54) is 17.4 Å². The first kappa shape index (κ1) is 21.6. The van der Waals surface area contributed by atoms with E-state index < -0.39 is 35.1 Å². The largest absolute Gasteiger partial charge is 0.486 e. The fraction of sp³-hybridized carbons (Fsp3) is 0.364. The second kappa shape index (κ2) is 7.79. The van der Waals surface area contributed by atoms with Gasteiger partial charge in [0.1, 0.15) is 23.1 Å². The summed E-state index contributed by atoms with van der Waals surface area (Å²) < 4.78 is 46.7. The molecule has 0 radical (unpaired) electrons. The minimum Gasteiger partial charge on any atom is -0.486 e. The Bertz CT molecular complexity index is 1120. The van der Waals surface area contributed by atoms with E-state index in [-0.39, 0.29) is 5.75 Å². The number of nitriles is 1. The van der Waals surface area contributed by atoms with Gasteiger partial charge in [-0.2, -0.15) is 18.4 Å². The van der Waals surface area contributed by atoms with Gasteiger partial charge in [-0.05, 0) is 30.3 Å². The highest BCUT2D eigenvalue weighted by atomic mass is 32.1. The summed E-state index contributed by atoms with van der Waals surface area (Å²) in [5.41, 5.74) is -1.16. The predicted octanol–water partition coefficient (Wildman–Crippen LogP) is 4.79. The van der Waals surface area contributed by atoms with Crippen molar-refractivity contribution >= 4 is 21.6 Å². The highest BCUT2D eigenvalue weighted by Crippen LogP contribution is 2.40. The molecule has 1 saturated heterocycles. The molecule has 0 aliphatic carbocycles. The predicted molar refractivity (Wildman–Crippen MR) is 110 cm³/mol. The zero-order chi connectivity index (χ0) is 22.4. The number of aliphatic hydroxyl groups excluding tert-OH is 1. The van der Waals surface area contributed by atoms with Crippen LogP contribution in [-0.2, 0) is 12.7 Å². The van der Waals surface area contributed by atoms with Gasteiger partial charge < -0.3 is 9.84 Å². The Morgan fingerprint density at radius 2 is 2.03 bits per heavy atom. The molecule has 5 nitrogen and oxygen atoms in total. The number of benzene rings is 2. The van der Waals surface area contributed by atoms with Crippen molar-refractivity contribution in [3.05, 3.63) is 58.6 Å². The van der Waals surface area contributed by atoms with E-state index in [0.29, 0.717) is 13.1 Å². The molecule has 1 aliphatic rings. The zero-order valence-electron chi connectivity index (χ0n) is 16.8. The first-order chi connectivity index (χ1) is 14.6. The van der Waals surface area contributed by atoms with E-state index >= 15 is 0 Å². The van der Waals surface area contributed by atoms with Crippen LogP contribution >= 0.6 is 11.3 Å². The van der Waals surface area contributed by atoms with Crippen LogP contribution < -0.4 is 4.74 Å². The van der Waals surface area contributed by atoms with Crippen LogP contribution in [0.25, 0.3) is 10.2 Å². The maximum atomic E-state index is 13.3. The van der Waals surface area contributed by atoms with Crippen LogP contribution in [0.4, 0.5) is 13.2 Å². The van der Waals surface area contributed by atoms with Crippen LogP contribution in [0.15, 0.2) is 42.5 Å². The molecule has 2 aromatic carbocycles. The van der Waals surface area contributed by atoms with Crippen LogP contribution in [0.5, 0.6) is 5.75 Å². The molecule has 0 amide bonds. The lowest BCUT2D eigenvalue weighted by Crippen LogP contribution is -2.40. The molecule has 4 rings (SSSR count). The van der Waals surface area contributed by atoms with Gasteiger partial charge in [-0.3, -0.25) is 4.90 Å². The van der Waals surface area contributed by atoms with Crippen LogP contribution in [0.1, 0.15) is 30.0 Å². The molecule has 1 aromatic heterocycles. The van der Waals surface area contributed by atoms with Gasteiger partial charge in [0.15, 0.2) is 0 Å². The van der Waals surface area contributed by atoms with Crippen molar-refractivity contribution in [2.75, 3.05) is 6.54 Å².